The molecule has 1 saturated carbocycles. The second kappa shape index (κ2) is 5.50. The lowest BCUT2D eigenvalue weighted by Crippen LogP contribution is -2.37. The van der Waals surface area contributed by atoms with E-state index in [0.29, 0.717) is 0 Å². The van der Waals surface area contributed by atoms with Crippen LogP contribution in [0.25, 0.3) is 0 Å². The van der Waals surface area contributed by atoms with E-state index in [1.807, 2.05) is 0 Å². The van der Waals surface area contributed by atoms with E-state index in [1.165, 1.54) is 18.2 Å². The van der Waals surface area contributed by atoms with Crippen LogP contribution in [0.3, 0.4) is 0 Å². The average Bonchev–Trinajstić information content (AvgIpc) is 2.81. The molecule has 1 aromatic rings. The van der Waals surface area contributed by atoms with E-state index in [1.54, 1.807) is 0 Å². The molecule has 0 radical (unpaired) electrons. The maximum Gasteiger partial charge on any atom is 0.491 e. The Bertz CT molecular complexity index is 447. The lowest BCUT2D eigenvalue weighted by Gasteiger charge is -2.13. The van der Waals surface area contributed by atoms with E-state index < -0.39 is 18.8 Å². The van der Waals surface area contributed by atoms with Gasteiger partial charge in [-0.25, -0.2) is 4.39 Å². The third kappa shape index (κ3) is 2.71. The lowest BCUT2D eigenvalue weighted by atomic mass is 9.79. The number of rotatable bonds is 3. The molecule has 0 aromatic heterocycles. The smallest absolute Gasteiger partial charge is 0.423 e. The quantitative estimate of drug-likeness (QED) is 0.671. The fraction of sp³-hybridized carbons (Fsp3) is 0.417. The Kier molecular flexibility index (Phi) is 3.99. The summed E-state index contributed by atoms with van der Waals surface area (Å²) in [5, 5.41) is 20.7. The van der Waals surface area contributed by atoms with Crippen LogP contribution in [-0.2, 0) is 0 Å². The first-order chi connectivity index (χ1) is 8.59. The summed E-state index contributed by atoms with van der Waals surface area (Å²) in [5.74, 6) is -1.37. The number of amides is 1. The maximum atomic E-state index is 13.9. The van der Waals surface area contributed by atoms with Crippen LogP contribution < -0.4 is 10.8 Å². The lowest BCUT2D eigenvalue weighted by molar-refractivity contribution is 0.0934. The zero-order valence-electron chi connectivity index (χ0n) is 9.90. The van der Waals surface area contributed by atoms with E-state index in [4.69, 9.17) is 10.0 Å². The molecule has 0 bridgehead atoms. The highest BCUT2D eigenvalue weighted by Crippen LogP contribution is 2.18. The Morgan fingerprint density at radius 2 is 2.00 bits per heavy atom. The number of carbonyl (C=O) groups excluding carboxylic acids is 1. The molecule has 0 spiro atoms. The molecule has 3 N–H and O–H groups in total. The normalized spacial score (nSPS) is 15.7. The van der Waals surface area contributed by atoms with Gasteiger partial charge in [0.15, 0.2) is 0 Å². The van der Waals surface area contributed by atoms with Crippen LogP contribution in [0.1, 0.15) is 36.0 Å². The van der Waals surface area contributed by atoms with Crippen LogP contribution in [0.5, 0.6) is 0 Å². The van der Waals surface area contributed by atoms with Crippen molar-refractivity contribution in [2.45, 2.75) is 31.7 Å². The first-order valence-corrected chi connectivity index (χ1v) is 6.05. The zero-order chi connectivity index (χ0) is 13.1. The molecule has 18 heavy (non-hydrogen) atoms. The van der Waals surface area contributed by atoms with Crippen LogP contribution in [0.4, 0.5) is 4.39 Å². The zero-order valence-corrected chi connectivity index (χ0v) is 9.90. The summed E-state index contributed by atoms with van der Waals surface area (Å²) < 4.78 is 13.9. The SMILES string of the molecule is O=C(NC1CCCC1)c1cccc(B(O)O)c1F. The summed E-state index contributed by atoms with van der Waals surface area (Å²) in [7, 11) is -1.91. The van der Waals surface area contributed by atoms with Crippen molar-refractivity contribution >= 4 is 18.5 Å². The van der Waals surface area contributed by atoms with Gasteiger partial charge in [-0.1, -0.05) is 25.0 Å². The van der Waals surface area contributed by atoms with E-state index in [2.05, 4.69) is 5.32 Å². The van der Waals surface area contributed by atoms with E-state index in [-0.39, 0.29) is 17.1 Å². The van der Waals surface area contributed by atoms with Gasteiger partial charge in [-0.2, -0.15) is 0 Å². The van der Waals surface area contributed by atoms with Gasteiger partial charge in [0.1, 0.15) is 5.82 Å². The average molecular weight is 251 g/mol. The summed E-state index contributed by atoms with van der Waals surface area (Å²) in [6, 6.07) is 4.11. The van der Waals surface area contributed by atoms with Gasteiger partial charge < -0.3 is 15.4 Å². The second-order valence-corrected chi connectivity index (χ2v) is 4.54. The minimum Gasteiger partial charge on any atom is -0.423 e. The van der Waals surface area contributed by atoms with Crippen LogP contribution in [0, 0.1) is 5.82 Å². The van der Waals surface area contributed by atoms with E-state index in [0.717, 1.165) is 25.7 Å². The summed E-state index contributed by atoms with van der Waals surface area (Å²) in [4.78, 5) is 11.9. The van der Waals surface area contributed by atoms with E-state index >= 15 is 0 Å². The summed E-state index contributed by atoms with van der Waals surface area (Å²) in [6.45, 7) is 0. The number of carbonyl (C=O) groups is 1. The predicted molar refractivity (Wildman–Crippen MR) is 65.9 cm³/mol. The molecule has 4 nitrogen and oxygen atoms in total. The summed E-state index contributed by atoms with van der Waals surface area (Å²) in [5.41, 5.74) is -0.429. The molecule has 1 aliphatic carbocycles. The van der Waals surface area contributed by atoms with Crippen LogP contribution >= 0.6 is 0 Å². The largest absolute Gasteiger partial charge is 0.491 e. The summed E-state index contributed by atoms with van der Waals surface area (Å²) in [6.07, 6.45) is 3.97. The fourth-order valence-corrected chi connectivity index (χ4v) is 2.26. The van der Waals surface area contributed by atoms with Gasteiger partial charge in [-0.15, -0.1) is 0 Å². The number of nitrogens with one attached hydrogen (secondary N) is 1. The molecule has 1 amide bonds. The maximum absolute atomic E-state index is 13.9. The molecule has 0 atom stereocenters. The van der Waals surface area contributed by atoms with Crippen molar-refractivity contribution in [1.29, 1.82) is 0 Å². The predicted octanol–water partition coefficient (Wildman–Crippen LogP) is 0.178. The third-order valence-corrected chi connectivity index (χ3v) is 3.24. The molecule has 0 heterocycles. The molecule has 1 aliphatic rings. The molecule has 0 saturated heterocycles. The van der Waals surface area contributed by atoms with Crippen LogP contribution in [0.2, 0.25) is 0 Å². The minimum atomic E-state index is -1.91. The Morgan fingerprint density at radius 1 is 1.33 bits per heavy atom. The molecule has 6 heteroatoms. The first kappa shape index (κ1) is 13.0. The van der Waals surface area contributed by atoms with Gasteiger partial charge in [-0.3, -0.25) is 4.79 Å². The van der Waals surface area contributed by atoms with Gasteiger partial charge in [0.2, 0.25) is 0 Å². The van der Waals surface area contributed by atoms with Crippen molar-refractivity contribution in [1.82, 2.24) is 5.32 Å². The van der Waals surface area contributed by atoms with Crippen molar-refractivity contribution in [3.8, 4) is 0 Å². The highest BCUT2D eigenvalue weighted by atomic mass is 19.1. The molecule has 96 valence electrons. The molecular formula is C12H15BFNO3. The third-order valence-electron chi connectivity index (χ3n) is 3.24. The summed E-state index contributed by atoms with van der Waals surface area (Å²) >= 11 is 0. The Labute approximate surface area is 105 Å². The Balaban J connectivity index is 2.16. The fourth-order valence-electron chi connectivity index (χ4n) is 2.26. The molecular weight excluding hydrogens is 236 g/mol. The Hall–Kier alpha value is -1.40. The Morgan fingerprint density at radius 3 is 2.61 bits per heavy atom. The van der Waals surface area contributed by atoms with Crippen LogP contribution in [-0.4, -0.2) is 29.1 Å². The van der Waals surface area contributed by atoms with Crippen molar-refractivity contribution in [2.75, 3.05) is 0 Å². The second-order valence-electron chi connectivity index (χ2n) is 4.54. The van der Waals surface area contributed by atoms with Crippen molar-refractivity contribution in [3.63, 3.8) is 0 Å². The van der Waals surface area contributed by atoms with Crippen molar-refractivity contribution in [3.05, 3.63) is 29.6 Å². The van der Waals surface area contributed by atoms with Gasteiger partial charge in [0.25, 0.3) is 5.91 Å². The monoisotopic (exact) mass is 251 g/mol. The van der Waals surface area contributed by atoms with Crippen LogP contribution in [0.15, 0.2) is 18.2 Å². The molecule has 1 fully saturated rings. The van der Waals surface area contributed by atoms with Gasteiger partial charge in [-0.05, 0) is 18.9 Å². The number of benzene rings is 1. The minimum absolute atomic E-state index is 0.0969. The highest BCUT2D eigenvalue weighted by Gasteiger charge is 2.24. The van der Waals surface area contributed by atoms with Crippen molar-refractivity contribution < 1.29 is 19.2 Å². The van der Waals surface area contributed by atoms with Gasteiger partial charge >= 0.3 is 7.12 Å². The number of hydrogen-bond acceptors (Lipinski definition) is 3. The van der Waals surface area contributed by atoms with Gasteiger partial charge in [0.05, 0.1) is 5.56 Å². The molecule has 1 aromatic carbocycles. The molecule has 0 unspecified atom stereocenters. The molecule has 2 rings (SSSR count). The number of hydrogen-bond donors (Lipinski definition) is 3. The van der Waals surface area contributed by atoms with Gasteiger partial charge in [0, 0.05) is 11.5 Å². The van der Waals surface area contributed by atoms with E-state index in [9.17, 15) is 9.18 Å². The van der Waals surface area contributed by atoms with Crippen molar-refractivity contribution in [2.24, 2.45) is 0 Å². The number of halogens is 1. The highest BCUT2D eigenvalue weighted by molar-refractivity contribution is 6.58. The topological polar surface area (TPSA) is 69.6 Å². The first-order valence-electron chi connectivity index (χ1n) is 6.05. The standard InChI is InChI=1S/C12H15BFNO3/c14-11-9(6-3-7-10(11)13(17)18)12(16)15-8-4-1-2-5-8/h3,6-8,17-18H,1-2,4-5H2,(H,15,16). The molecule has 0 aliphatic heterocycles.